The van der Waals surface area contributed by atoms with Gasteiger partial charge in [0.15, 0.2) is 5.60 Å². The zero-order valence-corrected chi connectivity index (χ0v) is 14.4. The van der Waals surface area contributed by atoms with Crippen molar-refractivity contribution in [2.45, 2.75) is 25.0 Å². The number of aliphatic hydroxyl groups is 1. The van der Waals surface area contributed by atoms with Crippen molar-refractivity contribution in [2.75, 3.05) is 0 Å². The molecule has 2 atom stereocenters. The Morgan fingerprint density at radius 1 is 1.26 bits per heavy atom. The van der Waals surface area contributed by atoms with Gasteiger partial charge in [-0.3, -0.25) is 14.8 Å². The molecule has 0 heterocycles. The number of hydrogen-bond acceptors (Lipinski definition) is 5. The molecule has 0 unspecified atom stereocenters. The summed E-state index contributed by atoms with van der Waals surface area (Å²) >= 11 is 0. The summed E-state index contributed by atoms with van der Waals surface area (Å²) in [5, 5.41) is 20.4. The van der Waals surface area contributed by atoms with Gasteiger partial charge >= 0.3 is 0 Å². The van der Waals surface area contributed by atoms with E-state index >= 15 is 0 Å². The summed E-state index contributed by atoms with van der Waals surface area (Å²) in [5.41, 5.74) is 4.75. The third kappa shape index (κ3) is 5.64. The van der Waals surface area contributed by atoms with Crippen LogP contribution in [-0.4, -0.2) is 40.2 Å². The molecule has 0 radical (unpaired) electrons. The van der Waals surface area contributed by atoms with E-state index in [1.54, 1.807) is 0 Å². The van der Waals surface area contributed by atoms with Crippen molar-refractivity contribution in [1.29, 1.82) is 0 Å². The number of alkyl halides is 2. The zero-order valence-electron chi connectivity index (χ0n) is 14.4. The molecule has 0 aliphatic carbocycles. The molecular weight excluding hydrogens is 360 g/mol. The van der Waals surface area contributed by atoms with E-state index in [1.807, 2.05) is 5.32 Å². The van der Waals surface area contributed by atoms with Crippen molar-refractivity contribution < 1.29 is 28.7 Å². The molecule has 1 rings (SSSR count). The van der Waals surface area contributed by atoms with Crippen LogP contribution in [0.15, 0.2) is 48.7 Å². The fraction of sp³-hybridized carbons (Fsp3) is 0.222. The van der Waals surface area contributed by atoms with E-state index in [1.165, 1.54) is 24.3 Å². The van der Waals surface area contributed by atoms with Gasteiger partial charge < -0.3 is 16.2 Å². The average molecular weight is 379 g/mol. The molecule has 7 nitrogen and oxygen atoms in total. The number of rotatable bonds is 6. The van der Waals surface area contributed by atoms with Crippen molar-refractivity contribution in [1.82, 2.24) is 10.8 Å². The lowest BCUT2D eigenvalue weighted by atomic mass is 9.95. The number of nitrogens with one attached hydrogen (secondary N) is 2. The van der Waals surface area contributed by atoms with Crippen molar-refractivity contribution in [3.8, 4) is 11.8 Å². The molecule has 0 aliphatic rings. The van der Waals surface area contributed by atoms with E-state index in [0.717, 1.165) is 5.48 Å². The molecule has 2 amide bonds. The lowest BCUT2D eigenvalue weighted by Crippen LogP contribution is -2.61. The Morgan fingerprint density at radius 3 is 2.26 bits per heavy atom. The summed E-state index contributed by atoms with van der Waals surface area (Å²) in [6.07, 6.45) is -3.36. The third-order valence-corrected chi connectivity index (χ3v) is 3.57. The lowest BCUT2D eigenvalue weighted by molar-refractivity contribution is -0.149. The number of carbonyl (C=O) groups excluding carboxylic acids is 2. The minimum absolute atomic E-state index is 0.0171. The van der Waals surface area contributed by atoms with Crippen LogP contribution in [0, 0.1) is 11.8 Å². The number of allylic oxidation sites excluding steroid dienone is 1. The predicted octanol–water partition coefficient (Wildman–Crippen LogP) is 0.687. The number of amides is 2. The van der Waals surface area contributed by atoms with Crippen LogP contribution in [0.25, 0.3) is 0 Å². The Kier molecular flexibility index (Phi) is 7.22. The Balaban J connectivity index is 2.99. The Morgan fingerprint density at radius 2 is 1.81 bits per heavy atom. The molecule has 0 fully saturated rings. The molecule has 1 aromatic carbocycles. The zero-order chi connectivity index (χ0) is 20.8. The van der Waals surface area contributed by atoms with E-state index in [9.17, 15) is 23.5 Å². The minimum Gasteiger partial charge on any atom is -0.398 e. The van der Waals surface area contributed by atoms with Gasteiger partial charge in [-0.05, 0) is 31.2 Å². The van der Waals surface area contributed by atoms with Gasteiger partial charge in [-0.1, -0.05) is 25.0 Å². The summed E-state index contributed by atoms with van der Waals surface area (Å²) in [5.74, 6) is 3.10. The molecular formula is C18H19F2N3O4. The Labute approximate surface area is 154 Å². The molecule has 9 heteroatoms. The van der Waals surface area contributed by atoms with E-state index in [0.29, 0.717) is 18.1 Å². The van der Waals surface area contributed by atoms with Crippen molar-refractivity contribution in [3.05, 3.63) is 59.8 Å². The van der Waals surface area contributed by atoms with E-state index in [-0.39, 0.29) is 11.3 Å². The Bertz CT molecular complexity index is 808. The molecule has 0 saturated heterocycles. The number of benzene rings is 1. The maximum Gasteiger partial charge on any atom is 0.269 e. The second-order valence-corrected chi connectivity index (χ2v) is 5.74. The molecule has 0 saturated carbocycles. The van der Waals surface area contributed by atoms with Crippen molar-refractivity contribution in [2.24, 2.45) is 5.73 Å². The first kappa shape index (κ1) is 21.8. The topological polar surface area (TPSA) is 125 Å². The average Bonchev–Trinajstić information content (AvgIpc) is 2.63. The van der Waals surface area contributed by atoms with Crippen LogP contribution in [0.3, 0.4) is 0 Å². The molecule has 1 aromatic rings. The second kappa shape index (κ2) is 8.93. The molecule has 0 aromatic heterocycles. The summed E-state index contributed by atoms with van der Waals surface area (Å²) in [4.78, 5) is 23.8. The molecule has 0 bridgehead atoms. The fourth-order valence-electron chi connectivity index (χ4n) is 1.81. The molecule has 144 valence electrons. The van der Waals surface area contributed by atoms with Gasteiger partial charge in [0.1, 0.15) is 6.04 Å². The summed E-state index contributed by atoms with van der Waals surface area (Å²) in [6.45, 7) is 7.75. The predicted molar refractivity (Wildman–Crippen MR) is 93.6 cm³/mol. The van der Waals surface area contributed by atoms with Gasteiger partial charge in [-0.2, -0.15) is 0 Å². The Hall–Kier alpha value is -3.22. The number of hydroxylamine groups is 1. The van der Waals surface area contributed by atoms with E-state index in [2.05, 4.69) is 25.0 Å². The number of halogens is 2. The molecule has 0 spiro atoms. The second-order valence-electron chi connectivity index (χ2n) is 5.74. The lowest BCUT2D eigenvalue weighted by Gasteiger charge is -2.30. The van der Waals surface area contributed by atoms with Gasteiger partial charge in [0.2, 0.25) is 0 Å². The van der Waals surface area contributed by atoms with Crippen molar-refractivity contribution >= 4 is 11.8 Å². The van der Waals surface area contributed by atoms with Crippen LogP contribution in [0.1, 0.15) is 22.8 Å². The van der Waals surface area contributed by atoms with Gasteiger partial charge in [0.05, 0.1) is 0 Å². The van der Waals surface area contributed by atoms with Gasteiger partial charge in [-0.25, -0.2) is 14.3 Å². The highest BCUT2D eigenvalue weighted by atomic mass is 19.3. The van der Waals surface area contributed by atoms with Crippen LogP contribution >= 0.6 is 0 Å². The number of hydrogen-bond donors (Lipinski definition) is 5. The quantitative estimate of drug-likeness (QED) is 0.215. The van der Waals surface area contributed by atoms with Gasteiger partial charge in [-0.15, -0.1) is 0 Å². The summed E-state index contributed by atoms with van der Waals surface area (Å²) < 4.78 is 25.9. The maximum absolute atomic E-state index is 13.0. The standard InChI is InChI=1S/C18H19F2N3O4/c1-10(11(2)21)4-5-12-6-8-13(9-7-12)15(24)22-14(16(25)23-27)18(3,26)17(19)20/h6-9,14,17,26-27H,1-2,21H2,3H3,(H,22,24)(H,23,25)/t14-,18+/m1/s1. The minimum atomic E-state index is -3.36. The fourth-order valence-corrected chi connectivity index (χ4v) is 1.81. The first-order chi connectivity index (χ1) is 12.5. The van der Waals surface area contributed by atoms with E-state index < -0.39 is 29.9 Å². The SMILES string of the molecule is C=C(N)C(=C)C#Cc1ccc(C(=O)N[C@H](C(=O)NO)[C@](C)(O)C(F)F)cc1. The maximum atomic E-state index is 13.0. The highest BCUT2D eigenvalue weighted by Gasteiger charge is 2.46. The highest BCUT2D eigenvalue weighted by Crippen LogP contribution is 2.20. The molecule has 6 N–H and O–H groups in total. The largest absolute Gasteiger partial charge is 0.398 e. The normalized spacial score (nSPS) is 13.6. The van der Waals surface area contributed by atoms with Crippen LogP contribution in [-0.2, 0) is 4.79 Å². The summed E-state index contributed by atoms with van der Waals surface area (Å²) in [7, 11) is 0. The first-order valence-electron chi connectivity index (χ1n) is 7.51. The van der Waals surface area contributed by atoms with Crippen LogP contribution in [0.2, 0.25) is 0 Å². The van der Waals surface area contributed by atoms with Crippen LogP contribution in [0.5, 0.6) is 0 Å². The monoisotopic (exact) mass is 379 g/mol. The van der Waals surface area contributed by atoms with Gasteiger partial charge in [0, 0.05) is 22.4 Å². The van der Waals surface area contributed by atoms with Crippen LogP contribution in [0.4, 0.5) is 8.78 Å². The van der Waals surface area contributed by atoms with Crippen LogP contribution < -0.4 is 16.5 Å². The van der Waals surface area contributed by atoms with Gasteiger partial charge in [0.25, 0.3) is 18.2 Å². The molecule has 0 aliphatic heterocycles. The van der Waals surface area contributed by atoms with E-state index in [4.69, 9.17) is 10.9 Å². The first-order valence-corrected chi connectivity index (χ1v) is 7.51. The third-order valence-electron chi connectivity index (χ3n) is 3.57. The van der Waals surface area contributed by atoms with Crippen molar-refractivity contribution in [3.63, 3.8) is 0 Å². The summed E-state index contributed by atoms with van der Waals surface area (Å²) in [6, 6.07) is 3.53. The number of carbonyl (C=O) groups is 2. The molecule has 27 heavy (non-hydrogen) atoms. The highest BCUT2D eigenvalue weighted by molar-refractivity contribution is 5.97. The smallest absolute Gasteiger partial charge is 0.269 e. The number of nitrogens with two attached hydrogens (primary N) is 1.